The van der Waals surface area contributed by atoms with Gasteiger partial charge in [0.15, 0.2) is 0 Å². The van der Waals surface area contributed by atoms with Crippen molar-refractivity contribution in [1.29, 1.82) is 0 Å². The first-order valence-electron chi connectivity index (χ1n) is 11.1. The minimum Gasteiger partial charge on any atom is -0.445 e. The zero-order chi connectivity index (χ0) is 23.8. The van der Waals surface area contributed by atoms with Crippen molar-refractivity contribution in [1.82, 2.24) is 16.0 Å². The molecule has 9 nitrogen and oxygen atoms in total. The van der Waals surface area contributed by atoms with E-state index in [1.165, 1.54) is 0 Å². The van der Waals surface area contributed by atoms with Crippen molar-refractivity contribution in [2.24, 2.45) is 5.92 Å². The summed E-state index contributed by atoms with van der Waals surface area (Å²) in [6, 6.07) is 8.25. The molecule has 0 aliphatic heterocycles. The molecule has 32 heavy (non-hydrogen) atoms. The van der Waals surface area contributed by atoms with E-state index in [-0.39, 0.29) is 57.1 Å². The minimum atomic E-state index is -0.676. The summed E-state index contributed by atoms with van der Waals surface area (Å²) in [5.74, 6) is -0.368. The fourth-order valence-electron chi connectivity index (χ4n) is 3.06. The fourth-order valence-corrected chi connectivity index (χ4v) is 3.06. The molecule has 4 N–H and O–H groups in total. The average molecular weight is 452 g/mol. The zero-order valence-electron chi connectivity index (χ0n) is 19.3. The van der Waals surface area contributed by atoms with E-state index in [0.717, 1.165) is 5.56 Å². The normalized spacial score (nSPS) is 12.7. The van der Waals surface area contributed by atoms with Crippen molar-refractivity contribution in [2.75, 3.05) is 26.4 Å². The first-order chi connectivity index (χ1) is 15.3. The van der Waals surface area contributed by atoms with Gasteiger partial charge in [0.05, 0.1) is 19.8 Å². The molecule has 0 heterocycles. The van der Waals surface area contributed by atoms with Gasteiger partial charge in [0.2, 0.25) is 11.8 Å². The molecule has 0 spiro atoms. The molecule has 9 heteroatoms. The summed E-state index contributed by atoms with van der Waals surface area (Å²) in [7, 11) is 0. The summed E-state index contributed by atoms with van der Waals surface area (Å²) >= 11 is 0. The van der Waals surface area contributed by atoms with Gasteiger partial charge in [-0.25, -0.2) is 4.79 Å². The quantitative estimate of drug-likeness (QED) is 0.301. The third-order valence-electron chi connectivity index (χ3n) is 4.56. The van der Waals surface area contributed by atoms with E-state index in [0.29, 0.717) is 12.8 Å². The Morgan fingerprint density at radius 3 is 2.41 bits per heavy atom. The van der Waals surface area contributed by atoms with Gasteiger partial charge in [0, 0.05) is 19.0 Å². The third kappa shape index (κ3) is 12.3. The highest BCUT2D eigenvalue weighted by Crippen LogP contribution is 2.10. The van der Waals surface area contributed by atoms with Crippen LogP contribution in [0.5, 0.6) is 0 Å². The Kier molecular flexibility index (Phi) is 13.7. The summed E-state index contributed by atoms with van der Waals surface area (Å²) in [6.45, 7) is 6.66. The second kappa shape index (κ2) is 16.0. The van der Waals surface area contributed by atoms with E-state index < -0.39 is 18.2 Å². The van der Waals surface area contributed by atoms with Crippen molar-refractivity contribution < 1.29 is 29.0 Å². The Labute approximate surface area is 190 Å². The number of carbonyl (C=O) groups is 3. The molecule has 0 saturated heterocycles. The Bertz CT molecular complexity index is 684. The fraction of sp³-hybridized carbons (Fsp3) is 0.609. The molecule has 1 aromatic rings. The van der Waals surface area contributed by atoms with Crippen molar-refractivity contribution in [3.63, 3.8) is 0 Å². The number of hydrogen-bond donors (Lipinski definition) is 4. The largest absolute Gasteiger partial charge is 0.445 e. The lowest BCUT2D eigenvalue weighted by Crippen LogP contribution is -2.49. The monoisotopic (exact) mass is 451 g/mol. The lowest BCUT2D eigenvalue weighted by Gasteiger charge is -2.22. The maximum atomic E-state index is 12.5. The predicted octanol–water partition coefficient (Wildman–Crippen LogP) is 1.74. The lowest BCUT2D eigenvalue weighted by atomic mass is 10.0. The Morgan fingerprint density at radius 1 is 1.06 bits per heavy atom. The second-order valence-corrected chi connectivity index (χ2v) is 7.89. The molecule has 1 rings (SSSR count). The maximum absolute atomic E-state index is 12.5. The van der Waals surface area contributed by atoms with E-state index in [9.17, 15) is 14.4 Å². The number of amides is 3. The number of ether oxygens (including phenoxy) is 2. The summed E-state index contributed by atoms with van der Waals surface area (Å²) in [4.78, 5) is 37.0. The standard InChI is InChI=1S/C23H37N3O6/c1-4-20(22(29)24-10-12-31-13-11-27)26-21(28)15-19(14-17(2)3)25-23(30)32-16-18-8-6-5-7-9-18/h5-9,17,19-20,27H,4,10-16H2,1-3H3,(H,24,29)(H,25,30)(H,26,28). The average Bonchev–Trinajstić information content (AvgIpc) is 2.76. The summed E-state index contributed by atoms with van der Waals surface area (Å²) < 4.78 is 10.4. The van der Waals surface area contributed by atoms with Gasteiger partial charge in [0.1, 0.15) is 12.6 Å². The predicted molar refractivity (Wildman–Crippen MR) is 121 cm³/mol. The highest BCUT2D eigenvalue weighted by Gasteiger charge is 2.23. The van der Waals surface area contributed by atoms with E-state index >= 15 is 0 Å². The van der Waals surface area contributed by atoms with Gasteiger partial charge in [-0.05, 0) is 24.3 Å². The number of nitrogens with one attached hydrogen (secondary N) is 3. The molecule has 0 fully saturated rings. The minimum absolute atomic E-state index is 0.0437. The molecule has 0 aliphatic carbocycles. The Hall–Kier alpha value is -2.65. The van der Waals surface area contributed by atoms with Crippen LogP contribution in [0.1, 0.15) is 45.6 Å². The molecule has 2 unspecified atom stereocenters. The summed E-state index contributed by atoms with van der Waals surface area (Å²) in [6.07, 6.45) is 0.484. The van der Waals surface area contributed by atoms with Gasteiger partial charge in [-0.1, -0.05) is 51.1 Å². The molecule has 1 aromatic carbocycles. The van der Waals surface area contributed by atoms with Gasteiger partial charge in [-0.15, -0.1) is 0 Å². The number of hydrogen-bond acceptors (Lipinski definition) is 6. The van der Waals surface area contributed by atoms with Crippen LogP contribution < -0.4 is 16.0 Å². The van der Waals surface area contributed by atoms with Crippen LogP contribution in [-0.2, 0) is 25.7 Å². The number of benzene rings is 1. The van der Waals surface area contributed by atoms with Crippen molar-refractivity contribution in [3.05, 3.63) is 35.9 Å². The number of aliphatic hydroxyl groups is 1. The van der Waals surface area contributed by atoms with E-state index in [4.69, 9.17) is 14.6 Å². The highest BCUT2D eigenvalue weighted by molar-refractivity contribution is 5.87. The number of alkyl carbamates (subject to hydrolysis) is 1. The lowest BCUT2D eigenvalue weighted by molar-refractivity contribution is -0.129. The molecule has 0 saturated carbocycles. The van der Waals surface area contributed by atoms with Gasteiger partial charge < -0.3 is 30.5 Å². The van der Waals surface area contributed by atoms with E-state index in [1.54, 1.807) is 6.92 Å². The summed E-state index contributed by atoms with van der Waals surface area (Å²) in [5, 5.41) is 16.9. The molecule has 0 aliphatic rings. The number of carbonyl (C=O) groups excluding carboxylic acids is 3. The summed E-state index contributed by atoms with van der Waals surface area (Å²) in [5.41, 5.74) is 0.874. The zero-order valence-corrected chi connectivity index (χ0v) is 19.3. The molecule has 3 amide bonds. The topological polar surface area (TPSA) is 126 Å². The van der Waals surface area contributed by atoms with Crippen LogP contribution in [0.3, 0.4) is 0 Å². The van der Waals surface area contributed by atoms with Gasteiger partial charge in [0.25, 0.3) is 0 Å². The first-order valence-corrected chi connectivity index (χ1v) is 11.1. The van der Waals surface area contributed by atoms with Crippen LogP contribution in [0.4, 0.5) is 4.79 Å². The Balaban J connectivity index is 2.50. The van der Waals surface area contributed by atoms with Crippen LogP contribution in [0.25, 0.3) is 0 Å². The van der Waals surface area contributed by atoms with Crippen LogP contribution >= 0.6 is 0 Å². The van der Waals surface area contributed by atoms with Crippen LogP contribution in [0, 0.1) is 5.92 Å². The SMILES string of the molecule is CCC(NC(=O)CC(CC(C)C)NC(=O)OCc1ccccc1)C(=O)NCCOCCO. The van der Waals surface area contributed by atoms with Crippen LogP contribution in [0.15, 0.2) is 30.3 Å². The molecule has 180 valence electrons. The molecular weight excluding hydrogens is 414 g/mol. The number of rotatable bonds is 15. The third-order valence-corrected chi connectivity index (χ3v) is 4.56. The van der Waals surface area contributed by atoms with Gasteiger partial charge in [-0.2, -0.15) is 0 Å². The maximum Gasteiger partial charge on any atom is 0.407 e. The second-order valence-electron chi connectivity index (χ2n) is 7.89. The van der Waals surface area contributed by atoms with E-state index in [2.05, 4.69) is 16.0 Å². The van der Waals surface area contributed by atoms with Crippen LogP contribution in [-0.4, -0.2) is 61.5 Å². The molecule has 2 atom stereocenters. The molecule has 0 aromatic heterocycles. The smallest absolute Gasteiger partial charge is 0.407 e. The van der Waals surface area contributed by atoms with Gasteiger partial charge in [-0.3, -0.25) is 9.59 Å². The van der Waals surface area contributed by atoms with Gasteiger partial charge >= 0.3 is 6.09 Å². The van der Waals surface area contributed by atoms with E-state index in [1.807, 2.05) is 44.2 Å². The van der Waals surface area contributed by atoms with Crippen molar-refractivity contribution >= 4 is 17.9 Å². The molecule has 0 bridgehead atoms. The van der Waals surface area contributed by atoms with Crippen molar-refractivity contribution in [3.8, 4) is 0 Å². The Morgan fingerprint density at radius 2 is 1.78 bits per heavy atom. The van der Waals surface area contributed by atoms with Crippen molar-refractivity contribution in [2.45, 2.75) is 58.7 Å². The molecule has 0 radical (unpaired) electrons. The first kappa shape index (κ1) is 27.4. The molecular formula is C23H37N3O6. The highest BCUT2D eigenvalue weighted by atomic mass is 16.5. The van der Waals surface area contributed by atoms with Crippen LogP contribution in [0.2, 0.25) is 0 Å². The number of aliphatic hydroxyl groups excluding tert-OH is 1.